The molecule has 1 aromatic heterocycles. The van der Waals surface area contributed by atoms with E-state index in [0.29, 0.717) is 24.3 Å². The number of rotatable bonds is 6. The van der Waals surface area contributed by atoms with Gasteiger partial charge in [-0.15, -0.1) is 11.3 Å². The Hall–Kier alpha value is -1.85. The summed E-state index contributed by atoms with van der Waals surface area (Å²) in [7, 11) is 0. The van der Waals surface area contributed by atoms with E-state index in [1.165, 1.54) is 22.5 Å². The van der Waals surface area contributed by atoms with Crippen LogP contribution in [0.3, 0.4) is 0 Å². The summed E-state index contributed by atoms with van der Waals surface area (Å²) in [6.07, 6.45) is 2.89. The monoisotopic (exact) mass is 362 g/mol. The number of hydrogen-bond donors (Lipinski definition) is 2. The lowest BCUT2D eigenvalue weighted by atomic mass is 10.1. The molecule has 3 rings (SSSR count). The Labute approximate surface area is 150 Å². The highest BCUT2D eigenvalue weighted by molar-refractivity contribution is 7.12. The van der Waals surface area contributed by atoms with Gasteiger partial charge in [-0.3, -0.25) is 9.59 Å². The lowest BCUT2D eigenvalue weighted by Crippen LogP contribution is -2.29. The third kappa shape index (κ3) is 4.16. The van der Waals surface area contributed by atoms with Crippen LogP contribution in [0.5, 0.6) is 0 Å². The highest BCUT2D eigenvalue weighted by atomic mass is 35.5. The van der Waals surface area contributed by atoms with Crippen LogP contribution in [0.15, 0.2) is 35.7 Å². The maximum Gasteiger partial charge on any atom is 0.261 e. The first-order chi connectivity index (χ1) is 11.6. The van der Waals surface area contributed by atoms with Crippen molar-refractivity contribution in [1.29, 1.82) is 0 Å². The molecule has 1 atom stereocenters. The molecule has 2 amide bonds. The number of amides is 2. The van der Waals surface area contributed by atoms with E-state index in [9.17, 15) is 9.59 Å². The summed E-state index contributed by atoms with van der Waals surface area (Å²) in [6.45, 7) is 0.501. The molecule has 1 aliphatic carbocycles. The smallest absolute Gasteiger partial charge is 0.261 e. The van der Waals surface area contributed by atoms with Crippen LogP contribution in [0.25, 0.3) is 0 Å². The zero-order valence-corrected chi connectivity index (χ0v) is 14.8. The number of hydrogen-bond acceptors (Lipinski definition) is 3. The molecular weight excluding hydrogens is 344 g/mol. The van der Waals surface area contributed by atoms with Crippen molar-refractivity contribution >= 4 is 34.8 Å². The molecule has 1 aromatic carbocycles. The van der Waals surface area contributed by atoms with E-state index in [2.05, 4.69) is 10.6 Å². The van der Waals surface area contributed by atoms with Crippen LogP contribution >= 0.6 is 22.9 Å². The van der Waals surface area contributed by atoms with Gasteiger partial charge in [0.2, 0.25) is 5.91 Å². The average Bonchev–Trinajstić information content (AvgIpc) is 3.21. The maximum atomic E-state index is 12.1. The molecule has 4 nitrogen and oxygen atoms in total. The number of carbonyl (C=O) groups is 2. The molecule has 0 saturated heterocycles. The molecule has 1 heterocycles. The third-order valence-corrected chi connectivity index (χ3v) is 5.23. The fourth-order valence-electron chi connectivity index (χ4n) is 2.95. The van der Waals surface area contributed by atoms with E-state index in [0.717, 1.165) is 17.9 Å². The lowest BCUT2D eigenvalue weighted by molar-refractivity contribution is -0.121. The molecule has 0 radical (unpaired) electrons. The largest absolute Gasteiger partial charge is 0.351 e. The number of halogens is 1. The first-order valence-corrected chi connectivity index (χ1v) is 9.28. The van der Waals surface area contributed by atoms with Crippen LogP contribution in [-0.4, -0.2) is 18.4 Å². The minimum Gasteiger partial charge on any atom is -0.351 e. The van der Waals surface area contributed by atoms with Crippen molar-refractivity contribution < 1.29 is 9.59 Å². The van der Waals surface area contributed by atoms with E-state index in [4.69, 9.17) is 11.6 Å². The molecule has 0 saturated carbocycles. The summed E-state index contributed by atoms with van der Waals surface area (Å²) < 4.78 is 0. The quantitative estimate of drug-likeness (QED) is 0.769. The summed E-state index contributed by atoms with van der Waals surface area (Å²) in [5, 5.41) is 8.52. The van der Waals surface area contributed by atoms with Crippen LogP contribution in [0.4, 0.5) is 0 Å². The Kier molecular flexibility index (Phi) is 5.53. The zero-order chi connectivity index (χ0) is 16.9. The normalized spacial score (nSPS) is 15.8. The molecule has 2 aromatic rings. The fourth-order valence-corrected chi connectivity index (χ4v) is 3.78. The molecule has 0 aliphatic heterocycles. The van der Waals surface area contributed by atoms with Crippen molar-refractivity contribution in [3.63, 3.8) is 0 Å². The van der Waals surface area contributed by atoms with Crippen LogP contribution < -0.4 is 10.6 Å². The van der Waals surface area contributed by atoms with Crippen LogP contribution in [-0.2, 0) is 11.2 Å². The third-order valence-electron chi connectivity index (χ3n) is 4.13. The molecule has 1 aliphatic rings. The molecule has 24 heavy (non-hydrogen) atoms. The number of carbonyl (C=O) groups excluding carboxylic acids is 2. The molecule has 1 unspecified atom stereocenters. The van der Waals surface area contributed by atoms with Gasteiger partial charge >= 0.3 is 0 Å². The van der Waals surface area contributed by atoms with Gasteiger partial charge in [0, 0.05) is 18.0 Å². The second-order valence-corrected chi connectivity index (χ2v) is 7.22. The predicted octanol–water partition coefficient (Wildman–Crippen LogP) is 3.72. The molecule has 126 valence electrons. The molecule has 6 heteroatoms. The summed E-state index contributed by atoms with van der Waals surface area (Å²) in [5.41, 5.74) is 2.38. The highest BCUT2D eigenvalue weighted by Crippen LogP contribution is 2.32. The summed E-state index contributed by atoms with van der Waals surface area (Å²) in [6, 6.07) is 9.55. The van der Waals surface area contributed by atoms with Crippen molar-refractivity contribution in [2.24, 2.45) is 0 Å². The van der Waals surface area contributed by atoms with Crippen molar-refractivity contribution in [2.75, 3.05) is 6.54 Å². The Morgan fingerprint density at radius 3 is 2.96 bits per heavy atom. The molecule has 0 spiro atoms. The number of aryl methyl sites for hydroxylation is 1. The van der Waals surface area contributed by atoms with Crippen molar-refractivity contribution in [1.82, 2.24) is 10.6 Å². The van der Waals surface area contributed by atoms with E-state index in [1.54, 1.807) is 6.07 Å². The summed E-state index contributed by atoms with van der Waals surface area (Å²) >= 11 is 7.41. The van der Waals surface area contributed by atoms with Crippen molar-refractivity contribution in [2.45, 2.75) is 31.7 Å². The second kappa shape index (κ2) is 7.81. The van der Waals surface area contributed by atoms with Gasteiger partial charge < -0.3 is 10.6 Å². The van der Waals surface area contributed by atoms with Gasteiger partial charge in [0.15, 0.2) is 0 Å². The van der Waals surface area contributed by atoms with Crippen molar-refractivity contribution in [3.05, 3.63) is 56.7 Å². The van der Waals surface area contributed by atoms with Crippen LogP contribution in [0.1, 0.15) is 46.1 Å². The number of fused-ring (bicyclic) bond motifs is 1. The number of thiophene rings is 1. The van der Waals surface area contributed by atoms with E-state index < -0.39 is 0 Å². The van der Waals surface area contributed by atoms with E-state index in [-0.39, 0.29) is 17.9 Å². The van der Waals surface area contributed by atoms with Gasteiger partial charge in [0.05, 0.1) is 10.9 Å². The van der Waals surface area contributed by atoms with Crippen LogP contribution in [0, 0.1) is 0 Å². The zero-order valence-electron chi connectivity index (χ0n) is 13.2. The Morgan fingerprint density at radius 2 is 2.17 bits per heavy atom. The van der Waals surface area contributed by atoms with Gasteiger partial charge in [0.25, 0.3) is 5.91 Å². The van der Waals surface area contributed by atoms with Gasteiger partial charge in [-0.1, -0.05) is 23.7 Å². The molecule has 0 bridgehead atoms. The molecule has 2 N–H and O–H groups in total. The molecular formula is C18H19ClN2O2S. The number of nitrogens with one attached hydrogen (secondary N) is 2. The summed E-state index contributed by atoms with van der Waals surface area (Å²) in [4.78, 5) is 24.6. The topological polar surface area (TPSA) is 58.2 Å². The number of benzene rings is 1. The van der Waals surface area contributed by atoms with Gasteiger partial charge in [-0.25, -0.2) is 0 Å². The van der Waals surface area contributed by atoms with Gasteiger partial charge in [-0.2, -0.15) is 0 Å². The maximum absolute atomic E-state index is 12.1. The predicted molar refractivity (Wildman–Crippen MR) is 96.5 cm³/mol. The minimum absolute atomic E-state index is 0.0215. The molecule has 0 fully saturated rings. The first kappa shape index (κ1) is 17.0. The van der Waals surface area contributed by atoms with Crippen molar-refractivity contribution in [3.8, 4) is 0 Å². The summed E-state index contributed by atoms with van der Waals surface area (Å²) in [5.74, 6) is -0.0554. The standard InChI is InChI=1S/C18H19ClN2O2S/c19-13-6-7-14-12(11-13)5-8-15(14)21-17(22)4-1-9-20-18(23)16-3-2-10-24-16/h2-3,6-7,10-11,15H,1,4-5,8-9H2,(H,20,23)(H,21,22). The Morgan fingerprint density at radius 1 is 1.29 bits per heavy atom. The first-order valence-electron chi connectivity index (χ1n) is 8.03. The Bertz CT molecular complexity index is 731. The minimum atomic E-state index is -0.0768. The van der Waals surface area contributed by atoms with Gasteiger partial charge in [0.1, 0.15) is 0 Å². The lowest BCUT2D eigenvalue weighted by Gasteiger charge is -2.14. The fraction of sp³-hybridized carbons (Fsp3) is 0.333. The average molecular weight is 363 g/mol. The SMILES string of the molecule is O=C(CCCNC(=O)c1cccs1)NC1CCc2cc(Cl)ccc21. The van der Waals surface area contributed by atoms with E-state index in [1.807, 2.05) is 29.6 Å². The van der Waals surface area contributed by atoms with Gasteiger partial charge in [-0.05, 0) is 54.0 Å². The highest BCUT2D eigenvalue weighted by Gasteiger charge is 2.23. The van der Waals surface area contributed by atoms with E-state index >= 15 is 0 Å². The second-order valence-electron chi connectivity index (χ2n) is 5.84. The van der Waals surface area contributed by atoms with Crippen LogP contribution in [0.2, 0.25) is 5.02 Å². The Balaban J connectivity index is 1.40.